The van der Waals surface area contributed by atoms with E-state index in [0.717, 1.165) is 56.3 Å². The summed E-state index contributed by atoms with van der Waals surface area (Å²) in [6.07, 6.45) is 0.798. The number of rotatable bonds is 3. The lowest BCUT2D eigenvalue weighted by Crippen LogP contribution is -2.00. The van der Waals surface area contributed by atoms with E-state index in [1.54, 1.807) is 6.07 Å². The van der Waals surface area contributed by atoms with E-state index < -0.39 is 0 Å². The molecule has 29 heavy (non-hydrogen) atoms. The van der Waals surface area contributed by atoms with Crippen molar-refractivity contribution < 1.29 is 8.81 Å². The molecule has 0 amide bonds. The second-order valence-corrected chi connectivity index (χ2v) is 8.18. The molecule has 0 radical (unpaired) electrons. The molecule has 5 rings (SSSR count). The van der Waals surface area contributed by atoms with Crippen LogP contribution in [0.3, 0.4) is 0 Å². The fourth-order valence-corrected chi connectivity index (χ4v) is 4.17. The van der Waals surface area contributed by atoms with Gasteiger partial charge in [-0.1, -0.05) is 44.2 Å². The van der Waals surface area contributed by atoms with Gasteiger partial charge in [0.05, 0.1) is 5.69 Å². The quantitative estimate of drug-likeness (QED) is 0.323. The molecular weight excluding hydrogens is 361 g/mol. The van der Waals surface area contributed by atoms with Crippen LogP contribution in [0, 0.1) is 18.7 Å². The summed E-state index contributed by atoms with van der Waals surface area (Å²) in [5, 5.41) is 3.57. The van der Waals surface area contributed by atoms with Crippen molar-refractivity contribution in [3.63, 3.8) is 0 Å². The highest BCUT2D eigenvalue weighted by molar-refractivity contribution is 6.11. The summed E-state index contributed by atoms with van der Waals surface area (Å²) >= 11 is 0. The molecule has 0 fully saturated rings. The number of benzene rings is 3. The number of hydrogen-bond acceptors (Lipinski definition) is 2. The van der Waals surface area contributed by atoms with Crippen LogP contribution in [0.15, 0.2) is 65.1 Å². The Kier molecular flexibility index (Phi) is 4.13. The number of halogens is 1. The number of fused-ring (bicyclic) bond motifs is 4. The zero-order valence-corrected chi connectivity index (χ0v) is 16.8. The second kappa shape index (κ2) is 6.70. The zero-order chi connectivity index (χ0) is 20.1. The highest BCUT2D eigenvalue weighted by Crippen LogP contribution is 2.39. The minimum absolute atomic E-state index is 0.218. The van der Waals surface area contributed by atoms with Gasteiger partial charge in [-0.25, -0.2) is 4.39 Å². The number of furan rings is 1. The third-order valence-electron chi connectivity index (χ3n) is 5.37. The highest BCUT2D eigenvalue weighted by atomic mass is 19.1. The molecule has 0 aliphatic heterocycles. The molecule has 0 saturated heterocycles. The van der Waals surface area contributed by atoms with Crippen LogP contribution in [0.4, 0.5) is 4.39 Å². The van der Waals surface area contributed by atoms with Gasteiger partial charge in [0.25, 0.3) is 0 Å². The fraction of sp³-hybridized carbons (Fsp3) is 0.192. The molecule has 3 heteroatoms. The maximum Gasteiger partial charge on any atom is 0.144 e. The molecule has 5 aromatic rings. The van der Waals surface area contributed by atoms with E-state index in [0.29, 0.717) is 11.3 Å². The Hall–Kier alpha value is -3.20. The number of aryl methyl sites for hydroxylation is 1. The van der Waals surface area contributed by atoms with Gasteiger partial charge in [-0.2, -0.15) is 0 Å². The van der Waals surface area contributed by atoms with E-state index >= 15 is 0 Å². The summed E-state index contributed by atoms with van der Waals surface area (Å²) in [4.78, 5) is 4.99. The minimum Gasteiger partial charge on any atom is -0.455 e. The van der Waals surface area contributed by atoms with Crippen LogP contribution in [0.5, 0.6) is 0 Å². The Morgan fingerprint density at radius 3 is 2.52 bits per heavy atom. The van der Waals surface area contributed by atoms with Crippen LogP contribution in [-0.4, -0.2) is 4.98 Å². The van der Waals surface area contributed by atoms with Crippen molar-refractivity contribution >= 4 is 32.7 Å². The molecule has 3 aromatic carbocycles. The summed E-state index contributed by atoms with van der Waals surface area (Å²) in [5.41, 5.74) is 5.38. The summed E-state index contributed by atoms with van der Waals surface area (Å²) in [7, 11) is 0. The van der Waals surface area contributed by atoms with E-state index in [4.69, 9.17) is 9.40 Å². The smallest absolute Gasteiger partial charge is 0.144 e. The Morgan fingerprint density at radius 2 is 1.69 bits per heavy atom. The van der Waals surface area contributed by atoms with Gasteiger partial charge in [-0.3, -0.25) is 4.98 Å². The van der Waals surface area contributed by atoms with Crippen LogP contribution >= 0.6 is 0 Å². The second-order valence-electron chi connectivity index (χ2n) is 8.18. The molecule has 0 aliphatic rings. The summed E-state index contributed by atoms with van der Waals surface area (Å²) in [6, 6.07) is 19.4. The Morgan fingerprint density at radius 1 is 0.897 bits per heavy atom. The molecule has 2 nitrogen and oxygen atoms in total. The largest absolute Gasteiger partial charge is 0.455 e. The summed E-state index contributed by atoms with van der Waals surface area (Å²) < 4.78 is 21.0. The van der Waals surface area contributed by atoms with Crippen molar-refractivity contribution in [2.24, 2.45) is 5.92 Å². The molecule has 2 aromatic heterocycles. The molecule has 2 heterocycles. The predicted octanol–water partition coefficient (Wildman–Crippen LogP) is 7.45. The third kappa shape index (κ3) is 2.98. The molecule has 0 spiro atoms. The number of nitrogens with zero attached hydrogens (tertiary/aromatic N) is 1. The molecule has 0 unspecified atom stereocenters. The Balaban J connectivity index is 1.90. The maximum absolute atomic E-state index is 14.7. The van der Waals surface area contributed by atoms with E-state index in [1.807, 2.05) is 30.3 Å². The number of para-hydroxylation sites is 1. The van der Waals surface area contributed by atoms with Crippen LogP contribution < -0.4 is 0 Å². The van der Waals surface area contributed by atoms with Gasteiger partial charge in [-0.05, 0) is 55.2 Å². The minimum atomic E-state index is -0.218. The highest BCUT2D eigenvalue weighted by Gasteiger charge is 2.18. The first-order valence-corrected chi connectivity index (χ1v) is 10.0. The molecule has 0 saturated carbocycles. The van der Waals surface area contributed by atoms with Gasteiger partial charge in [0.1, 0.15) is 17.0 Å². The zero-order valence-electron chi connectivity index (χ0n) is 16.8. The first-order chi connectivity index (χ1) is 14.0. The summed E-state index contributed by atoms with van der Waals surface area (Å²) in [6.45, 7) is 6.37. The lowest BCUT2D eigenvalue weighted by Gasteiger charge is -2.13. The maximum atomic E-state index is 14.7. The molecular formula is C26H22FNO. The van der Waals surface area contributed by atoms with Gasteiger partial charge < -0.3 is 4.42 Å². The van der Waals surface area contributed by atoms with Crippen molar-refractivity contribution in [3.8, 4) is 11.3 Å². The van der Waals surface area contributed by atoms with Gasteiger partial charge in [-0.15, -0.1) is 0 Å². The first kappa shape index (κ1) is 17.9. The van der Waals surface area contributed by atoms with Crippen molar-refractivity contribution in [1.82, 2.24) is 4.98 Å². The lowest BCUT2D eigenvalue weighted by molar-refractivity contribution is 0.631. The summed E-state index contributed by atoms with van der Waals surface area (Å²) in [5.74, 6) is 0.216. The van der Waals surface area contributed by atoms with Gasteiger partial charge >= 0.3 is 0 Å². The topological polar surface area (TPSA) is 26.0 Å². The first-order valence-electron chi connectivity index (χ1n) is 10.0. The standard InChI is InChI=1S/C26H22FNO/c1-15(2)11-17-14-20-19(8-6-9-23(20)27)25(28-17)22-13-16(3)12-21-18-7-4-5-10-24(18)29-26(21)22/h4-10,12-15H,11H2,1-3H3. The van der Waals surface area contributed by atoms with E-state index in [1.165, 1.54) is 6.07 Å². The molecule has 0 aliphatic carbocycles. The number of pyridine rings is 1. The van der Waals surface area contributed by atoms with Gasteiger partial charge in [0, 0.05) is 32.8 Å². The molecule has 0 bridgehead atoms. The van der Waals surface area contributed by atoms with E-state index in [9.17, 15) is 4.39 Å². The average Bonchev–Trinajstić information content (AvgIpc) is 3.06. The monoisotopic (exact) mass is 383 g/mol. The molecule has 0 atom stereocenters. The van der Waals surface area contributed by atoms with Gasteiger partial charge in [0.2, 0.25) is 0 Å². The molecule has 0 N–H and O–H groups in total. The average molecular weight is 383 g/mol. The Labute approximate surface area is 169 Å². The van der Waals surface area contributed by atoms with Crippen molar-refractivity contribution in [2.75, 3.05) is 0 Å². The predicted molar refractivity (Wildman–Crippen MR) is 118 cm³/mol. The van der Waals surface area contributed by atoms with Crippen LogP contribution in [0.2, 0.25) is 0 Å². The van der Waals surface area contributed by atoms with Gasteiger partial charge in [0.15, 0.2) is 0 Å². The number of hydrogen-bond donors (Lipinski definition) is 0. The van der Waals surface area contributed by atoms with Crippen molar-refractivity contribution in [1.29, 1.82) is 0 Å². The SMILES string of the molecule is Cc1cc(-c2nc(CC(C)C)cc3c(F)cccc23)c2oc3ccccc3c2c1. The van der Waals surface area contributed by atoms with Crippen molar-refractivity contribution in [3.05, 3.63) is 77.7 Å². The number of aromatic nitrogens is 1. The normalized spacial score (nSPS) is 11.9. The van der Waals surface area contributed by atoms with E-state index in [2.05, 4.69) is 39.0 Å². The van der Waals surface area contributed by atoms with Crippen molar-refractivity contribution in [2.45, 2.75) is 27.2 Å². The van der Waals surface area contributed by atoms with Crippen LogP contribution in [-0.2, 0) is 6.42 Å². The third-order valence-corrected chi connectivity index (χ3v) is 5.37. The lowest BCUT2D eigenvalue weighted by atomic mass is 9.97. The fourth-order valence-electron chi connectivity index (χ4n) is 4.17. The van der Waals surface area contributed by atoms with E-state index in [-0.39, 0.29) is 5.82 Å². The molecule has 144 valence electrons. The van der Waals surface area contributed by atoms with Crippen LogP contribution in [0.25, 0.3) is 44.0 Å². The Bertz CT molecular complexity index is 1380. The van der Waals surface area contributed by atoms with Crippen LogP contribution in [0.1, 0.15) is 25.1 Å².